The number of benzene rings is 3. The van der Waals surface area contributed by atoms with E-state index in [1.807, 2.05) is 18.2 Å². The van der Waals surface area contributed by atoms with Gasteiger partial charge in [0, 0.05) is 96.0 Å². The Hall–Kier alpha value is -6.82. The van der Waals surface area contributed by atoms with Gasteiger partial charge in [0.05, 0.1) is 35.0 Å². The lowest BCUT2D eigenvalue weighted by Crippen LogP contribution is -2.51. The number of esters is 3. The van der Waals surface area contributed by atoms with Gasteiger partial charge in [-0.25, -0.2) is 14.4 Å². The minimum absolute atomic E-state index is 0.0726. The fourth-order valence-electron chi connectivity index (χ4n) is 13.1. The third kappa shape index (κ3) is 28.4. The molecule has 6 rings (SSSR count). The maximum absolute atomic E-state index is 14.5. The van der Waals surface area contributed by atoms with Gasteiger partial charge >= 0.3 is 17.9 Å². The van der Waals surface area contributed by atoms with E-state index in [0.29, 0.717) is 101 Å². The minimum atomic E-state index is -0.874. The Bertz CT molecular complexity index is 2830. The third-order valence-electron chi connectivity index (χ3n) is 21.0. The zero-order valence-corrected chi connectivity index (χ0v) is 61.9. The first-order chi connectivity index (χ1) is 48.7. The lowest BCUT2D eigenvalue weighted by molar-refractivity contribution is -0.254. The molecule has 0 aromatic heterocycles. The van der Waals surface area contributed by atoms with E-state index < -0.39 is 36.9 Å². The van der Waals surface area contributed by atoms with Crippen LogP contribution in [0.1, 0.15) is 203 Å². The van der Waals surface area contributed by atoms with E-state index in [4.69, 9.17) is 42.6 Å². The molecule has 562 valence electrons. The standard InChI is InChI=1S/C79H119N5O17/c1-11-69(85)83-65(38-27-28-42-80-70(86)39-24-15-29-47-93-77-59(8)53(2)56(5)66(99-77)50-96-74(90)62-32-18-12-19-33-62)73(89)84(45-43-81-71(87)40-25-16-30-48-94-78-60(9)54(3)57(6)67(100-78)51-97-75(91)63-34-20-13-21-35-63)46-44-82-72(88)41-26-17-31-49-95-79-61(10)55(4)58(7)68(101-79)52-98-76(92)64-36-22-14-23-37-64/h12-14,18-23,32-37,53-61,65-68,77-79H,11,15-17,24-31,38-52H2,1-10H3,(H,80,86)(H,81,87)(H,82,88)(H,83,85). The maximum atomic E-state index is 14.5. The summed E-state index contributed by atoms with van der Waals surface area (Å²) in [6.07, 6.45) is 6.49. The van der Waals surface area contributed by atoms with Gasteiger partial charge in [-0.2, -0.15) is 0 Å². The molecule has 0 bridgehead atoms. The predicted molar refractivity (Wildman–Crippen MR) is 384 cm³/mol. The molecule has 4 N–H and O–H groups in total. The normalized spacial score (nSPS) is 25.2. The highest BCUT2D eigenvalue weighted by molar-refractivity contribution is 5.90. The Kier molecular flexibility index (Phi) is 37.3. The lowest BCUT2D eigenvalue weighted by Gasteiger charge is -2.43. The summed E-state index contributed by atoms with van der Waals surface area (Å²) in [5.41, 5.74) is 1.46. The van der Waals surface area contributed by atoms with Crippen molar-refractivity contribution < 1.29 is 81.0 Å². The van der Waals surface area contributed by atoms with Crippen LogP contribution < -0.4 is 21.3 Å². The zero-order valence-electron chi connectivity index (χ0n) is 61.9. The van der Waals surface area contributed by atoms with Gasteiger partial charge in [0.2, 0.25) is 29.5 Å². The summed E-state index contributed by atoms with van der Waals surface area (Å²) in [5, 5.41) is 11.9. The van der Waals surface area contributed by atoms with E-state index in [2.05, 4.69) is 83.6 Å². The van der Waals surface area contributed by atoms with Gasteiger partial charge in [-0.3, -0.25) is 24.0 Å². The Morgan fingerprint density at radius 2 is 0.713 bits per heavy atom. The van der Waals surface area contributed by atoms with Crippen LogP contribution in [0.2, 0.25) is 0 Å². The summed E-state index contributed by atoms with van der Waals surface area (Å²) in [6, 6.07) is 25.8. The molecule has 3 fully saturated rings. The van der Waals surface area contributed by atoms with Crippen LogP contribution in [-0.4, -0.2) is 168 Å². The van der Waals surface area contributed by atoms with Gasteiger partial charge in [0.25, 0.3) is 0 Å². The number of ether oxygens (including phenoxy) is 9. The number of carbonyl (C=O) groups excluding carboxylic acids is 8. The van der Waals surface area contributed by atoms with Crippen molar-refractivity contribution in [2.75, 3.05) is 72.4 Å². The van der Waals surface area contributed by atoms with Crippen LogP contribution in [0.15, 0.2) is 91.0 Å². The average molecular weight is 1410 g/mol. The molecule has 0 radical (unpaired) electrons. The van der Waals surface area contributed by atoms with Crippen molar-refractivity contribution in [1.29, 1.82) is 0 Å². The Morgan fingerprint density at radius 1 is 0.386 bits per heavy atom. The molecule has 0 spiro atoms. The lowest BCUT2D eigenvalue weighted by atomic mass is 9.79. The molecule has 3 aromatic rings. The van der Waals surface area contributed by atoms with E-state index in [1.54, 1.807) is 84.6 Å². The van der Waals surface area contributed by atoms with Gasteiger partial charge in [-0.1, -0.05) is 143 Å². The summed E-state index contributed by atoms with van der Waals surface area (Å²) in [4.78, 5) is 106. The van der Waals surface area contributed by atoms with Crippen molar-refractivity contribution >= 4 is 47.4 Å². The molecule has 16 unspecified atom stereocenters. The summed E-state index contributed by atoms with van der Waals surface area (Å²) >= 11 is 0. The first kappa shape index (κ1) is 83.1. The molecule has 0 aliphatic carbocycles. The van der Waals surface area contributed by atoms with Crippen molar-refractivity contribution in [1.82, 2.24) is 26.2 Å². The van der Waals surface area contributed by atoms with Crippen molar-refractivity contribution in [3.8, 4) is 0 Å². The van der Waals surface area contributed by atoms with E-state index >= 15 is 0 Å². The summed E-state index contributed by atoms with van der Waals surface area (Å²) < 4.78 is 54.6. The van der Waals surface area contributed by atoms with E-state index in [0.717, 1.165) is 25.7 Å². The third-order valence-corrected chi connectivity index (χ3v) is 21.0. The fraction of sp³-hybridized carbons (Fsp3) is 0.671. The minimum Gasteiger partial charge on any atom is -0.459 e. The molecule has 3 aliphatic rings. The number of hydrogen-bond acceptors (Lipinski definition) is 17. The zero-order chi connectivity index (χ0) is 73.1. The molecule has 3 aromatic carbocycles. The first-order valence-corrected chi connectivity index (χ1v) is 37.5. The van der Waals surface area contributed by atoms with E-state index in [-0.39, 0.29) is 172 Å². The van der Waals surface area contributed by atoms with E-state index in [9.17, 15) is 38.4 Å². The Balaban J connectivity index is 0.915. The van der Waals surface area contributed by atoms with Crippen LogP contribution >= 0.6 is 0 Å². The Labute approximate surface area is 600 Å². The molecule has 22 heteroatoms. The highest BCUT2D eigenvalue weighted by atomic mass is 16.7. The molecule has 5 amide bonds. The van der Waals surface area contributed by atoms with Crippen LogP contribution in [0, 0.1) is 53.3 Å². The summed E-state index contributed by atoms with van der Waals surface area (Å²) in [6.45, 7) is 23.6. The largest absolute Gasteiger partial charge is 0.459 e. The first-order valence-electron chi connectivity index (χ1n) is 37.5. The number of carbonyl (C=O) groups is 8. The molecule has 3 saturated heterocycles. The highest BCUT2D eigenvalue weighted by Crippen LogP contribution is 2.39. The Morgan fingerprint density at radius 3 is 1.04 bits per heavy atom. The highest BCUT2D eigenvalue weighted by Gasteiger charge is 2.43. The van der Waals surface area contributed by atoms with Gasteiger partial charge in [-0.05, 0) is 130 Å². The van der Waals surface area contributed by atoms with Gasteiger partial charge in [-0.15, -0.1) is 0 Å². The van der Waals surface area contributed by atoms with Crippen molar-refractivity contribution in [3.63, 3.8) is 0 Å². The molecular formula is C79H119N5O17. The number of amides is 5. The average Bonchev–Trinajstić information content (AvgIpc) is 0.831. The molecule has 16 atom stereocenters. The molecule has 101 heavy (non-hydrogen) atoms. The molecule has 3 aliphatic heterocycles. The topological polar surface area (TPSA) is 271 Å². The monoisotopic (exact) mass is 1410 g/mol. The number of rotatable bonds is 44. The van der Waals surface area contributed by atoms with Gasteiger partial charge in [0.15, 0.2) is 18.9 Å². The quantitative estimate of drug-likeness (QED) is 0.0233. The number of nitrogens with zero attached hydrogens (tertiary/aromatic N) is 1. The molecule has 22 nitrogen and oxygen atoms in total. The SMILES string of the molecule is CCC(=O)NC(CCCCNC(=O)CCCCCOC1OC(COC(=O)c2ccccc2)C(C)C(C)C1C)C(=O)N(CCNC(=O)CCCCCOC1OC(COC(=O)c2ccccc2)C(C)C(C)C1C)CCNC(=O)CCCCCOC1OC(COC(=O)c2ccccc2)C(C)C(C)C1C. The van der Waals surface area contributed by atoms with Crippen molar-refractivity contribution in [3.05, 3.63) is 108 Å². The van der Waals surface area contributed by atoms with Gasteiger partial charge < -0.3 is 68.8 Å². The number of unbranched alkanes of at least 4 members (excludes halogenated alkanes) is 7. The summed E-state index contributed by atoms with van der Waals surface area (Å²) in [5.74, 6) is -0.554. The molecular weight excluding hydrogens is 1290 g/mol. The second kappa shape index (κ2) is 45.3. The van der Waals surface area contributed by atoms with Crippen LogP contribution in [-0.2, 0) is 66.6 Å². The fourth-order valence-corrected chi connectivity index (χ4v) is 13.1. The molecule has 3 heterocycles. The van der Waals surface area contributed by atoms with Crippen LogP contribution in [0.5, 0.6) is 0 Å². The summed E-state index contributed by atoms with van der Waals surface area (Å²) in [7, 11) is 0. The predicted octanol–water partition coefficient (Wildman–Crippen LogP) is 11.4. The second-order valence-electron chi connectivity index (χ2n) is 28.1. The van der Waals surface area contributed by atoms with Crippen LogP contribution in [0.4, 0.5) is 0 Å². The van der Waals surface area contributed by atoms with Crippen molar-refractivity contribution in [2.45, 2.75) is 215 Å². The smallest absolute Gasteiger partial charge is 0.338 e. The van der Waals surface area contributed by atoms with Crippen molar-refractivity contribution in [2.24, 2.45) is 53.3 Å². The number of nitrogens with one attached hydrogen (secondary N) is 4. The van der Waals surface area contributed by atoms with E-state index in [1.165, 1.54) is 0 Å². The number of hydrogen-bond donors (Lipinski definition) is 4. The van der Waals surface area contributed by atoms with Crippen LogP contribution in [0.25, 0.3) is 0 Å². The van der Waals surface area contributed by atoms with Gasteiger partial charge in [0.1, 0.15) is 25.9 Å². The van der Waals surface area contributed by atoms with Crippen LogP contribution in [0.3, 0.4) is 0 Å². The second-order valence-corrected chi connectivity index (χ2v) is 28.1. The maximum Gasteiger partial charge on any atom is 0.338 e. The molecule has 0 saturated carbocycles.